The molecule has 0 bridgehead atoms. The highest BCUT2D eigenvalue weighted by Crippen LogP contribution is 2.35. The predicted octanol–water partition coefficient (Wildman–Crippen LogP) is 3.39. The van der Waals surface area contributed by atoms with Crippen LogP contribution in [0.4, 0.5) is 0 Å². The van der Waals surface area contributed by atoms with Gasteiger partial charge in [-0.3, -0.25) is 0 Å². The third-order valence-electron chi connectivity index (χ3n) is 2.57. The number of halogens is 1. The molecule has 4 nitrogen and oxygen atoms in total. The predicted molar refractivity (Wildman–Crippen MR) is 83.8 cm³/mol. The zero-order chi connectivity index (χ0) is 14.4. The van der Waals surface area contributed by atoms with Crippen LogP contribution in [-0.2, 0) is 11.3 Å². The van der Waals surface area contributed by atoms with E-state index in [2.05, 4.69) is 21.6 Å². The number of hydrogen-bond donors (Lipinski definition) is 1. The highest BCUT2D eigenvalue weighted by molar-refractivity contribution is 8.01. The molecule has 1 heterocycles. The number of aromatic nitrogens is 2. The lowest BCUT2D eigenvalue weighted by Crippen LogP contribution is -2.19. The largest absolute Gasteiger partial charge is 0.383 e. The summed E-state index contributed by atoms with van der Waals surface area (Å²) in [6.45, 7) is 4.14. The molecule has 0 amide bonds. The summed E-state index contributed by atoms with van der Waals surface area (Å²) < 4.78 is 5.95. The van der Waals surface area contributed by atoms with Crippen molar-refractivity contribution in [3.8, 4) is 0 Å². The van der Waals surface area contributed by atoms with Gasteiger partial charge in [0.1, 0.15) is 5.01 Å². The van der Waals surface area contributed by atoms with Gasteiger partial charge in [-0.1, -0.05) is 40.8 Å². The van der Waals surface area contributed by atoms with Crippen molar-refractivity contribution in [1.82, 2.24) is 15.5 Å². The summed E-state index contributed by atoms with van der Waals surface area (Å²) in [7, 11) is 1.69. The second kappa shape index (κ2) is 7.95. The van der Waals surface area contributed by atoms with Gasteiger partial charge in [-0.15, -0.1) is 10.2 Å². The topological polar surface area (TPSA) is 47.0 Å². The van der Waals surface area contributed by atoms with Crippen LogP contribution in [-0.4, -0.2) is 30.5 Å². The van der Waals surface area contributed by atoms with E-state index in [0.29, 0.717) is 13.2 Å². The molecule has 1 aromatic carbocycles. The van der Waals surface area contributed by atoms with Crippen LogP contribution in [0.3, 0.4) is 0 Å². The Kier molecular flexibility index (Phi) is 6.25. The summed E-state index contributed by atoms with van der Waals surface area (Å²) in [6.07, 6.45) is 0. The molecule has 2 aromatic rings. The Balaban J connectivity index is 2.09. The van der Waals surface area contributed by atoms with E-state index >= 15 is 0 Å². The zero-order valence-electron chi connectivity index (χ0n) is 11.4. The lowest BCUT2D eigenvalue weighted by Gasteiger charge is -2.10. The number of nitrogens with one attached hydrogen (secondary N) is 1. The molecular formula is C13H16ClN3OS2. The van der Waals surface area contributed by atoms with Crippen molar-refractivity contribution in [2.45, 2.75) is 22.7 Å². The quantitative estimate of drug-likeness (QED) is 0.789. The standard InChI is InChI=1S/C13H16ClN3OS2/c1-9-16-17-13(19-9)20-12-5-3-4-11(14)10(12)8-15-6-7-18-2/h3-5,15H,6-8H2,1-2H3. The number of rotatable bonds is 7. The lowest BCUT2D eigenvalue weighted by atomic mass is 10.2. The van der Waals surface area contributed by atoms with Gasteiger partial charge in [-0.05, 0) is 24.6 Å². The first-order valence-corrected chi connectivity index (χ1v) is 8.17. The SMILES string of the molecule is COCCNCc1c(Cl)cccc1Sc1nnc(C)s1. The molecule has 0 aliphatic carbocycles. The summed E-state index contributed by atoms with van der Waals surface area (Å²) in [4.78, 5) is 1.11. The van der Waals surface area contributed by atoms with Crippen LogP contribution in [0.15, 0.2) is 27.4 Å². The lowest BCUT2D eigenvalue weighted by molar-refractivity contribution is 0.199. The van der Waals surface area contributed by atoms with Crippen LogP contribution in [0.25, 0.3) is 0 Å². The molecule has 1 aromatic heterocycles. The molecule has 20 heavy (non-hydrogen) atoms. The number of aryl methyl sites for hydroxylation is 1. The first-order valence-electron chi connectivity index (χ1n) is 6.15. The van der Waals surface area contributed by atoms with E-state index in [1.54, 1.807) is 30.2 Å². The Bertz CT molecular complexity index is 562. The van der Waals surface area contributed by atoms with E-state index in [9.17, 15) is 0 Å². The van der Waals surface area contributed by atoms with Crippen LogP contribution >= 0.6 is 34.7 Å². The smallest absolute Gasteiger partial charge is 0.179 e. The van der Waals surface area contributed by atoms with E-state index in [1.807, 2.05) is 19.1 Å². The number of hydrogen-bond acceptors (Lipinski definition) is 6. The van der Waals surface area contributed by atoms with Gasteiger partial charge in [-0.2, -0.15) is 0 Å². The Morgan fingerprint density at radius 1 is 1.40 bits per heavy atom. The Morgan fingerprint density at radius 3 is 2.95 bits per heavy atom. The van der Waals surface area contributed by atoms with E-state index in [4.69, 9.17) is 16.3 Å². The molecule has 0 aliphatic heterocycles. The Morgan fingerprint density at radius 2 is 2.25 bits per heavy atom. The highest BCUT2D eigenvalue weighted by Gasteiger charge is 2.10. The minimum Gasteiger partial charge on any atom is -0.383 e. The molecule has 0 unspecified atom stereocenters. The van der Waals surface area contributed by atoms with Gasteiger partial charge in [0.25, 0.3) is 0 Å². The van der Waals surface area contributed by atoms with Gasteiger partial charge in [0, 0.05) is 30.1 Å². The second-order valence-electron chi connectivity index (χ2n) is 4.08. The summed E-state index contributed by atoms with van der Waals surface area (Å²) >= 11 is 9.48. The maximum Gasteiger partial charge on any atom is 0.179 e. The molecule has 1 N–H and O–H groups in total. The molecule has 108 valence electrons. The van der Waals surface area contributed by atoms with Gasteiger partial charge in [0.05, 0.1) is 6.61 Å². The molecule has 0 radical (unpaired) electrons. The van der Waals surface area contributed by atoms with E-state index in [0.717, 1.165) is 31.4 Å². The first kappa shape index (κ1) is 15.7. The minimum absolute atomic E-state index is 0.683. The average molecular weight is 330 g/mol. The fourth-order valence-electron chi connectivity index (χ4n) is 1.61. The van der Waals surface area contributed by atoms with Crippen LogP contribution < -0.4 is 5.32 Å². The minimum atomic E-state index is 0.683. The summed E-state index contributed by atoms with van der Waals surface area (Å²) in [5, 5.41) is 13.2. The maximum atomic E-state index is 6.30. The van der Waals surface area contributed by atoms with Crippen molar-refractivity contribution in [3.63, 3.8) is 0 Å². The average Bonchev–Trinajstić information content (AvgIpc) is 2.83. The van der Waals surface area contributed by atoms with Gasteiger partial charge in [-0.25, -0.2) is 0 Å². The van der Waals surface area contributed by atoms with E-state index in [-0.39, 0.29) is 0 Å². The van der Waals surface area contributed by atoms with Gasteiger partial charge in [0.15, 0.2) is 4.34 Å². The van der Waals surface area contributed by atoms with Crippen molar-refractivity contribution < 1.29 is 4.74 Å². The number of methoxy groups -OCH3 is 1. The van der Waals surface area contributed by atoms with Crippen LogP contribution in [0, 0.1) is 6.92 Å². The van der Waals surface area contributed by atoms with Crippen LogP contribution in [0.1, 0.15) is 10.6 Å². The second-order valence-corrected chi connectivity index (χ2v) is 6.95. The van der Waals surface area contributed by atoms with Crippen molar-refractivity contribution >= 4 is 34.7 Å². The molecule has 0 atom stereocenters. The van der Waals surface area contributed by atoms with Crippen molar-refractivity contribution in [3.05, 3.63) is 33.8 Å². The van der Waals surface area contributed by atoms with Crippen LogP contribution in [0.2, 0.25) is 5.02 Å². The first-order chi connectivity index (χ1) is 9.70. The molecule has 7 heteroatoms. The fourth-order valence-corrected chi connectivity index (χ4v) is 3.84. The number of ether oxygens (including phenoxy) is 1. The number of benzene rings is 1. The zero-order valence-corrected chi connectivity index (χ0v) is 13.7. The van der Waals surface area contributed by atoms with Gasteiger partial charge >= 0.3 is 0 Å². The molecule has 0 saturated heterocycles. The molecule has 2 rings (SSSR count). The van der Waals surface area contributed by atoms with Crippen LogP contribution in [0.5, 0.6) is 0 Å². The maximum absolute atomic E-state index is 6.30. The van der Waals surface area contributed by atoms with E-state index < -0.39 is 0 Å². The molecular weight excluding hydrogens is 314 g/mol. The highest BCUT2D eigenvalue weighted by atomic mass is 35.5. The Hall–Kier alpha value is -0.660. The Labute approximate surface area is 131 Å². The molecule has 0 fully saturated rings. The summed E-state index contributed by atoms with van der Waals surface area (Å²) in [5.74, 6) is 0. The molecule has 0 aliphatic rings. The third-order valence-corrected chi connectivity index (χ3v) is 4.91. The monoisotopic (exact) mass is 329 g/mol. The van der Waals surface area contributed by atoms with Gasteiger partial charge < -0.3 is 10.1 Å². The normalized spacial score (nSPS) is 10.9. The van der Waals surface area contributed by atoms with Crippen molar-refractivity contribution in [1.29, 1.82) is 0 Å². The van der Waals surface area contributed by atoms with Gasteiger partial charge in [0.2, 0.25) is 0 Å². The summed E-state index contributed by atoms with van der Waals surface area (Å²) in [5.41, 5.74) is 1.09. The summed E-state index contributed by atoms with van der Waals surface area (Å²) in [6, 6.07) is 5.92. The van der Waals surface area contributed by atoms with E-state index in [1.165, 1.54) is 0 Å². The fraction of sp³-hybridized carbons (Fsp3) is 0.385. The van der Waals surface area contributed by atoms with Crippen molar-refractivity contribution in [2.24, 2.45) is 0 Å². The third kappa shape index (κ3) is 4.43. The number of nitrogens with zero attached hydrogens (tertiary/aromatic N) is 2. The molecule has 0 saturated carbocycles. The molecule has 0 spiro atoms. The van der Waals surface area contributed by atoms with Crippen molar-refractivity contribution in [2.75, 3.05) is 20.3 Å².